The number of hydrogen-bond acceptors (Lipinski definition) is 2. The second-order valence-corrected chi connectivity index (χ2v) is 10.5. The van der Waals surface area contributed by atoms with Gasteiger partial charge in [-0.2, -0.15) is 0 Å². The third-order valence-electron chi connectivity index (χ3n) is 6.28. The van der Waals surface area contributed by atoms with Crippen LogP contribution in [0.2, 0.25) is 0 Å². The average Bonchev–Trinajstić information content (AvgIpc) is 3.16. The van der Waals surface area contributed by atoms with Gasteiger partial charge in [0.1, 0.15) is 6.17 Å². The van der Waals surface area contributed by atoms with E-state index in [1.165, 1.54) is 21.9 Å². The van der Waals surface area contributed by atoms with Crippen molar-refractivity contribution in [3.63, 3.8) is 0 Å². The molecule has 0 saturated carbocycles. The fraction of sp³-hybridized carbons (Fsp3) is 0.261. The molecule has 0 radical (unpaired) electrons. The topological polar surface area (TPSA) is 36.8 Å². The second-order valence-electron chi connectivity index (χ2n) is 10.5. The Kier molecular flexibility index (Phi) is 30.0. The molecule has 0 fully saturated rings. The summed E-state index contributed by atoms with van der Waals surface area (Å²) in [5.41, 5.74) is 4.68. The van der Waals surface area contributed by atoms with Crippen LogP contribution in [-0.2, 0) is 0 Å². The summed E-state index contributed by atoms with van der Waals surface area (Å²) in [5.74, 6) is 1.01. The monoisotopic (exact) mass is 658 g/mol. The highest BCUT2D eigenvalue weighted by molar-refractivity contribution is 6.01. The first kappa shape index (κ1) is 46.3. The van der Waals surface area contributed by atoms with E-state index in [9.17, 15) is 0 Å². The number of hydrogen-bond donors (Lipinski definition) is 1. The van der Waals surface area contributed by atoms with Crippen molar-refractivity contribution >= 4 is 23.3 Å². The maximum Gasteiger partial charge on any atom is 0.155 e. The fourth-order valence-corrected chi connectivity index (χ4v) is 4.11. The van der Waals surface area contributed by atoms with Crippen LogP contribution in [0.4, 0.5) is 0 Å². The molecule has 3 nitrogen and oxygen atoms in total. The molecule has 0 spiro atoms. The number of allylic oxidation sites excluding steroid dienone is 12. The number of benzene rings is 3. The van der Waals surface area contributed by atoms with Gasteiger partial charge in [-0.3, -0.25) is 5.32 Å². The fourth-order valence-electron chi connectivity index (χ4n) is 4.11. The number of fused-ring (bicyclic) bond motifs is 1. The van der Waals surface area contributed by atoms with E-state index in [2.05, 4.69) is 142 Å². The van der Waals surface area contributed by atoms with Crippen molar-refractivity contribution in [3.8, 4) is 0 Å². The van der Waals surface area contributed by atoms with Gasteiger partial charge < -0.3 is 0 Å². The molecule has 2 atom stereocenters. The van der Waals surface area contributed by atoms with Crippen LogP contribution in [-0.4, -0.2) is 19.6 Å². The van der Waals surface area contributed by atoms with Gasteiger partial charge in [-0.05, 0) is 83.6 Å². The minimum atomic E-state index is -0.170. The van der Waals surface area contributed by atoms with Crippen molar-refractivity contribution in [2.75, 3.05) is 7.05 Å². The van der Waals surface area contributed by atoms with Crippen molar-refractivity contribution < 1.29 is 0 Å². The zero-order chi connectivity index (χ0) is 37.3. The SMILES string of the molecule is C=CC.C=CC.C=CC.C=CC1/C=C\C=C/C/C=C\C/C(C)=C\1.C=N/C(=N\C(NC)c1ccc2ccccc2c1)c1ccc(C)cc1.CC. The van der Waals surface area contributed by atoms with E-state index in [1.54, 1.807) is 18.2 Å². The Morgan fingerprint density at radius 3 is 1.94 bits per heavy atom. The lowest BCUT2D eigenvalue weighted by atomic mass is 10.0. The van der Waals surface area contributed by atoms with Crippen LogP contribution in [0.15, 0.2) is 175 Å². The molecule has 3 heteroatoms. The van der Waals surface area contributed by atoms with Crippen LogP contribution in [0.1, 0.15) is 77.2 Å². The van der Waals surface area contributed by atoms with Gasteiger partial charge in [0.2, 0.25) is 0 Å². The van der Waals surface area contributed by atoms with Crippen LogP contribution in [0.25, 0.3) is 10.8 Å². The molecule has 3 aromatic rings. The van der Waals surface area contributed by atoms with Gasteiger partial charge in [0, 0.05) is 11.5 Å². The molecule has 1 aliphatic rings. The summed E-state index contributed by atoms with van der Waals surface area (Å²) in [6, 6.07) is 22.9. The molecule has 1 N–H and O–H groups in total. The molecule has 1 aliphatic carbocycles. The third-order valence-corrected chi connectivity index (χ3v) is 6.28. The van der Waals surface area contributed by atoms with Gasteiger partial charge >= 0.3 is 0 Å². The molecule has 262 valence electrons. The Bertz CT molecular complexity index is 1480. The van der Waals surface area contributed by atoms with Crippen LogP contribution in [0.5, 0.6) is 0 Å². The van der Waals surface area contributed by atoms with E-state index in [0.717, 1.165) is 24.0 Å². The quantitative estimate of drug-likeness (QED) is 0.165. The van der Waals surface area contributed by atoms with Gasteiger partial charge in [-0.1, -0.05) is 152 Å². The van der Waals surface area contributed by atoms with Gasteiger partial charge in [0.05, 0.1) is 0 Å². The Hall–Kier alpha value is -4.86. The molecular weight excluding hydrogens is 595 g/mol. The number of aliphatic imine (C=N–C) groups is 2. The van der Waals surface area contributed by atoms with E-state index in [4.69, 9.17) is 4.99 Å². The van der Waals surface area contributed by atoms with Crippen molar-refractivity contribution in [2.45, 2.75) is 67.5 Å². The summed E-state index contributed by atoms with van der Waals surface area (Å²) in [6.07, 6.45) is 24.3. The zero-order valence-corrected chi connectivity index (χ0v) is 31.7. The van der Waals surface area contributed by atoms with Crippen molar-refractivity contribution in [3.05, 3.63) is 182 Å². The van der Waals surface area contributed by atoms with E-state index in [0.29, 0.717) is 11.8 Å². The summed E-state index contributed by atoms with van der Waals surface area (Å²) >= 11 is 0. The Balaban J connectivity index is 0. The van der Waals surface area contributed by atoms with Crippen molar-refractivity contribution in [1.82, 2.24) is 5.32 Å². The smallest absolute Gasteiger partial charge is 0.155 e. The maximum absolute atomic E-state index is 4.77. The molecular formula is C46H63N3. The first-order valence-electron chi connectivity index (χ1n) is 17.1. The van der Waals surface area contributed by atoms with Crippen molar-refractivity contribution in [1.29, 1.82) is 0 Å². The normalized spacial score (nSPS) is 16.8. The molecule has 3 aromatic carbocycles. The van der Waals surface area contributed by atoms with E-state index in [1.807, 2.05) is 72.0 Å². The van der Waals surface area contributed by atoms with Crippen LogP contribution in [0.3, 0.4) is 0 Å². The van der Waals surface area contributed by atoms with Crippen LogP contribution in [0, 0.1) is 12.8 Å². The predicted octanol–water partition coefficient (Wildman–Crippen LogP) is 13.3. The number of nitrogens with one attached hydrogen (secondary N) is 1. The first-order valence-corrected chi connectivity index (χ1v) is 17.1. The third kappa shape index (κ3) is 21.6. The molecule has 0 aromatic heterocycles. The minimum Gasteiger partial charge on any atom is -0.295 e. The first-order chi connectivity index (χ1) is 23.8. The molecule has 49 heavy (non-hydrogen) atoms. The molecule has 0 heterocycles. The molecule has 0 aliphatic heterocycles. The van der Waals surface area contributed by atoms with E-state index < -0.39 is 0 Å². The molecule has 4 rings (SSSR count). The lowest BCUT2D eigenvalue weighted by Gasteiger charge is -2.14. The summed E-state index contributed by atoms with van der Waals surface area (Å²) in [7, 11) is 1.90. The van der Waals surface area contributed by atoms with Gasteiger partial charge in [0.15, 0.2) is 5.84 Å². The highest BCUT2D eigenvalue weighted by Gasteiger charge is 2.11. The minimum absolute atomic E-state index is 0.170. The van der Waals surface area contributed by atoms with Gasteiger partial charge in [-0.15, -0.1) is 26.3 Å². The van der Waals surface area contributed by atoms with Crippen molar-refractivity contribution in [2.24, 2.45) is 15.9 Å². The van der Waals surface area contributed by atoms with Gasteiger partial charge in [0.25, 0.3) is 0 Å². The number of amidine groups is 1. The summed E-state index contributed by atoms with van der Waals surface area (Å²) in [4.78, 5) is 8.89. The predicted molar refractivity (Wildman–Crippen MR) is 226 cm³/mol. The maximum atomic E-state index is 4.77. The Morgan fingerprint density at radius 2 is 1.39 bits per heavy atom. The number of rotatable bonds is 5. The van der Waals surface area contributed by atoms with Crippen LogP contribution < -0.4 is 5.32 Å². The lowest BCUT2D eigenvalue weighted by Crippen LogP contribution is -2.16. The molecule has 0 saturated heterocycles. The Morgan fingerprint density at radius 1 is 0.796 bits per heavy atom. The summed E-state index contributed by atoms with van der Waals surface area (Å²) in [5, 5.41) is 5.68. The molecule has 0 amide bonds. The number of nitrogens with zero attached hydrogens (tertiary/aromatic N) is 2. The Labute approximate surface area is 300 Å². The van der Waals surface area contributed by atoms with Gasteiger partial charge in [-0.25, -0.2) is 9.98 Å². The van der Waals surface area contributed by atoms with E-state index in [-0.39, 0.29) is 6.17 Å². The lowest BCUT2D eigenvalue weighted by molar-refractivity contribution is 0.625. The van der Waals surface area contributed by atoms with E-state index >= 15 is 0 Å². The average molecular weight is 658 g/mol. The molecule has 2 unspecified atom stereocenters. The zero-order valence-electron chi connectivity index (χ0n) is 31.7. The summed E-state index contributed by atoms with van der Waals surface area (Å²) < 4.78 is 0. The summed E-state index contributed by atoms with van der Waals surface area (Å²) in [6.45, 7) is 31.5. The molecule has 0 bridgehead atoms. The highest BCUT2D eigenvalue weighted by Crippen LogP contribution is 2.22. The number of aryl methyl sites for hydroxylation is 1. The largest absolute Gasteiger partial charge is 0.295 e. The second kappa shape index (κ2) is 31.7. The standard InChI is InChI=1S/C21H21N3.C14H18.3C3H6.C2H6/c1-15-8-10-17(11-9-15)20(22-2)24-21(23-3)19-13-12-16-6-4-5-7-18(16)14-19;1-3-14-11-9-7-5-4-6-8-10-13(2)12-14;3*1-3-2;1-2/h4-14,21,23H,2H2,1,3H3;3,5-9,11-12,14H,1,4,10H2,2H3;3*3H,1H2,2H3;1-2H3/b24-20-;7-5-,8-6-,11-9-,13-12-;;;;. The highest BCUT2D eigenvalue weighted by atomic mass is 15.1. The van der Waals surface area contributed by atoms with Crippen LogP contribution >= 0.6 is 0 Å².